The predicted octanol–water partition coefficient (Wildman–Crippen LogP) is 4.45. The van der Waals surface area contributed by atoms with E-state index in [1.807, 2.05) is 35.2 Å². The second-order valence-corrected chi connectivity index (χ2v) is 8.00. The quantitative estimate of drug-likeness (QED) is 0.869. The summed E-state index contributed by atoms with van der Waals surface area (Å²) in [5.74, 6) is 0.706. The summed E-state index contributed by atoms with van der Waals surface area (Å²) in [6.45, 7) is 1.65. The number of likely N-dealkylation sites (tertiary alicyclic amines) is 1. The topological polar surface area (TPSA) is 46.3 Å². The molecule has 2 fully saturated rings. The Bertz CT molecular complexity index is 792. The van der Waals surface area contributed by atoms with E-state index >= 15 is 0 Å². The average molecular weight is 369 g/mol. The molecule has 26 heavy (non-hydrogen) atoms. The first-order valence-electron chi connectivity index (χ1n) is 9.52. The van der Waals surface area contributed by atoms with Crippen LogP contribution in [0.3, 0.4) is 0 Å². The molecule has 1 aliphatic heterocycles. The van der Waals surface area contributed by atoms with Crippen LogP contribution in [0.25, 0.3) is 11.1 Å². The van der Waals surface area contributed by atoms with Gasteiger partial charge in [-0.3, -0.25) is 4.79 Å². The predicted molar refractivity (Wildman–Crippen MR) is 106 cm³/mol. The van der Waals surface area contributed by atoms with Gasteiger partial charge in [0.2, 0.25) is 5.91 Å². The fraction of sp³-hybridized carbons (Fsp3) is 0.409. The zero-order valence-electron chi connectivity index (χ0n) is 14.9. The summed E-state index contributed by atoms with van der Waals surface area (Å²) in [6.07, 6.45) is 3.88. The first kappa shape index (κ1) is 17.6. The Morgan fingerprint density at radius 1 is 1.08 bits per heavy atom. The second-order valence-electron chi connectivity index (χ2n) is 7.56. The van der Waals surface area contributed by atoms with Crippen molar-refractivity contribution in [2.45, 2.75) is 37.6 Å². The number of nitrogens with two attached hydrogens (primary N) is 1. The van der Waals surface area contributed by atoms with Crippen LogP contribution in [-0.2, 0) is 4.79 Å². The van der Waals surface area contributed by atoms with Crippen molar-refractivity contribution in [3.05, 3.63) is 59.1 Å². The first-order valence-corrected chi connectivity index (χ1v) is 9.90. The van der Waals surface area contributed by atoms with Gasteiger partial charge in [0.25, 0.3) is 0 Å². The summed E-state index contributed by atoms with van der Waals surface area (Å²) >= 11 is 6.26. The van der Waals surface area contributed by atoms with E-state index in [9.17, 15) is 4.79 Å². The Kier molecular flexibility index (Phi) is 5.01. The average Bonchev–Trinajstić information content (AvgIpc) is 3.47. The lowest BCUT2D eigenvalue weighted by molar-refractivity contribution is -0.132. The summed E-state index contributed by atoms with van der Waals surface area (Å²) in [6, 6.07) is 16.6. The summed E-state index contributed by atoms with van der Waals surface area (Å²) in [4.78, 5) is 15.0. The van der Waals surface area contributed by atoms with Crippen LogP contribution < -0.4 is 5.73 Å². The van der Waals surface area contributed by atoms with Crippen molar-refractivity contribution in [1.29, 1.82) is 0 Å². The number of rotatable bonds is 3. The Labute approximate surface area is 160 Å². The summed E-state index contributed by atoms with van der Waals surface area (Å²) in [5.41, 5.74) is 9.60. The van der Waals surface area contributed by atoms with Crippen molar-refractivity contribution >= 4 is 17.5 Å². The number of carbonyl (C=O) groups is 1. The summed E-state index contributed by atoms with van der Waals surface area (Å²) in [5, 5.41) is 0.734. The largest absolute Gasteiger partial charge is 0.342 e. The molecule has 4 heteroatoms. The molecule has 0 bridgehead atoms. The van der Waals surface area contributed by atoms with Crippen molar-refractivity contribution in [3.63, 3.8) is 0 Å². The molecule has 2 aromatic rings. The smallest absolute Gasteiger partial charge is 0.226 e. The van der Waals surface area contributed by atoms with Crippen LogP contribution in [0, 0.1) is 5.92 Å². The second kappa shape index (κ2) is 7.42. The van der Waals surface area contributed by atoms with E-state index in [2.05, 4.69) is 18.2 Å². The number of hydrogen-bond acceptors (Lipinski definition) is 2. The number of carbonyl (C=O) groups excluding carboxylic acids is 1. The Balaban J connectivity index is 1.54. The van der Waals surface area contributed by atoms with Gasteiger partial charge in [0.15, 0.2) is 0 Å². The fourth-order valence-electron chi connectivity index (χ4n) is 4.11. The maximum atomic E-state index is 13.0. The maximum absolute atomic E-state index is 13.0. The third-order valence-corrected chi connectivity index (χ3v) is 5.93. The highest BCUT2D eigenvalue weighted by Gasteiger charge is 2.46. The number of halogens is 1. The van der Waals surface area contributed by atoms with Gasteiger partial charge < -0.3 is 10.6 Å². The Morgan fingerprint density at radius 3 is 2.69 bits per heavy atom. The lowest BCUT2D eigenvalue weighted by Gasteiger charge is -2.21. The van der Waals surface area contributed by atoms with Gasteiger partial charge in [-0.05, 0) is 60.4 Å². The van der Waals surface area contributed by atoms with Crippen molar-refractivity contribution < 1.29 is 4.79 Å². The molecule has 136 valence electrons. The SMILES string of the molecule is NC1CCCN(C(=O)C2CC2c2ccc(Cl)cc2-c2ccccc2)CC1. The molecule has 4 rings (SSSR count). The van der Waals surface area contributed by atoms with Crippen molar-refractivity contribution in [2.75, 3.05) is 13.1 Å². The van der Waals surface area contributed by atoms with Crippen LogP contribution in [0.4, 0.5) is 0 Å². The van der Waals surface area contributed by atoms with Crippen molar-refractivity contribution in [1.82, 2.24) is 4.90 Å². The standard InChI is InChI=1S/C22H25ClN2O/c23-16-8-9-18(19(13-16)15-5-2-1-3-6-15)20-14-21(20)22(26)25-11-4-7-17(24)10-12-25/h1-3,5-6,8-9,13,17,20-21H,4,7,10-12,14,24H2. The third-order valence-electron chi connectivity index (χ3n) is 5.69. The van der Waals surface area contributed by atoms with Crippen LogP contribution in [0.2, 0.25) is 5.02 Å². The maximum Gasteiger partial charge on any atom is 0.226 e. The molecule has 3 unspecified atom stereocenters. The van der Waals surface area contributed by atoms with Gasteiger partial charge in [-0.25, -0.2) is 0 Å². The van der Waals surface area contributed by atoms with Crippen molar-refractivity contribution in [3.8, 4) is 11.1 Å². The fourth-order valence-corrected chi connectivity index (χ4v) is 4.28. The normalized spacial score (nSPS) is 25.6. The van der Waals surface area contributed by atoms with Gasteiger partial charge in [-0.2, -0.15) is 0 Å². The van der Waals surface area contributed by atoms with Gasteiger partial charge in [0, 0.05) is 30.1 Å². The van der Waals surface area contributed by atoms with E-state index in [0.29, 0.717) is 11.8 Å². The summed E-state index contributed by atoms with van der Waals surface area (Å²) < 4.78 is 0. The Morgan fingerprint density at radius 2 is 1.88 bits per heavy atom. The third kappa shape index (κ3) is 3.65. The molecule has 1 aliphatic carbocycles. The zero-order valence-corrected chi connectivity index (χ0v) is 15.7. The van der Waals surface area contributed by atoms with Gasteiger partial charge in [-0.1, -0.05) is 48.0 Å². The molecule has 3 nitrogen and oxygen atoms in total. The lowest BCUT2D eigenvalue weighted by atomic mass is 9.96. The van der Waals surface area contributed by atoms with E-state index < -0.39 is 0 Å². The molecule has 2 aliphatic rings. The molecule has 3 atom stereocenters. The molecule has 0 radical (unpaired) electrons. The van der Waals surface area contributed by atoms with E-state index in [4.69, 9.17) is 17.3 Å². The molecule has 1 saturated carbocycles. The van der Waals surface area contributed by atoms with Crippen LogP contribution in [0.1, 0.15) is 37.2 Å². The number of benzene rings is 2. The number of amides is 1. The van der Waals surface area contributed by atoms with Gasteiger partial charge in [0.1, 0.15) is 0 Å². The number of hydrogen-bond donors (Lipinski definition) is 1. The first-order chi connectivity index (χ1) is 12.6. The van der Waals surface area contributed by atoms with E-state index in [-0.39, 0.29) is 12.0 Å². The van der Waals surface area contributed by atoms with E-state index in [0.717, 1.165) is 54.9 Å². The minimum absolute atomic E-state index is 0.105. The monoisotopic (exact) mass is 368 g/mol. The molecule has 1 heterocycles. The number of nitrogens with zero attached hydrogens (tertiary/aromatic N) is 1. The van der Waals surface area contributed by atoms with Gasteiger partial charge >= 0.3 is 0 Å². The molecule has 0 aromatic heterocycles. The van der Waals surface area contributed by atoms with Gasteiger partial charge in [0.05, 0.1) is 0 Å². The van der Waals surface area contributed by atoms with E-state index in [1.54, 1.807) is 0 Å². The molecular weight excluding hydrogens is 344 g/mol. The zero-order chi connectivity index (χ0) is 18.1. The van der Waals surface area contributed by atoms with Gasteiger partial charge in [-0.15, -0.1) is 0 Å². The highest BCUT2D eigenvalue weighted by molar-refractivity contribution is 6.30. The van der Waals surface area contributed by atoms with E-state index in [1.165, 1.54) is 5.56 Å². The molecule has 0 spiro atoms. The van der Waals surface area contributed by atoms with Crippen LogP contribution >= 0.6 is 11.6 Å². The molecule has 1 saturated heterocycles. The lowest BCUT2D eigenvalue weighted by Crippen LogP contribution is -2.34. The molecule has 2 aromatic carbocycles. The molecular formula is C22H25ClN2O. The Hall–Kier alpha value is -1.84. The molecule has 1 amide bonds. The van der Waals surface area contributed by atoms with Crippen molar-refractivity contribution in [2.24, 2.45) is 11.7 Å². The summed E-state index contributed by atoms with van der Waals surface area (Å²) in [7, 11) is 0. The highest BCUT2D eigenvalue weighted by atomic mass is 35.5. The minimum atomic E-state index is 0.105. The van der Waals surface area contributed by atoms with Crippen LogP contribution in [0.15, 0.2) is 48.5 Å². The van der Waals surface area contributed by atoms with Crippen LogP contribution in [0.5, 0.6) is 0 Å². The molecule has 2 N–H and O–H groups in total. The van der Waals surface area contributed by atoms with Crippen LogP contribution in [-0.4, -0.2) is 29.9 Å². The highest BCUT2D eigenvalue weighted by Crippen LogP contribution is 2.51. The minimum Gasteiger partial charge on any atom is -0.342 e.